The summed E-state index contributed by atoms with van der Waals surface area (Å²) in [6.07, 6.45) is 1.11. The van der Waals surface area contributed by atoms with Gasteiger partial charge in [-0.3, -0.25) is 9.48 Å². The lowest BCUT2D eigenvalue weighted by Crippen LogP contribution is -2.19. The van der Waals surface area contributed by atoms with E-state index in [0.29, 0.717) is 6.54 Å². The molecule has 1 aromatic rings. The Labute approximate surface area is 88.8 Å². The van der Waals surface area contributed by atoms with Crippen molar-refractivity contribution in [3.8, 4) is 0 Å². The van der Waals surface area contributed by atoms with E-state index >= 15 is 0 Å². The molecular weight excluding hydrogens is 192 g/mol. The lowest BCUT2D eigenvalue weighted by atomic mass is 10.3. The fourth-order valence-electron chi connectivity index (χ4n) is 1.72. The van der Waals surface area contributed by atoms with Crippen molar-refractivity contribution in [1.29, 1.82) is 0 Å². The van der Waals surface area contributed by atoms with Gasteiger partial charge in [0, 0.05) is 20.0 Å². The van der Waals surface area contributed by atoms with E-state index < -0.39 is 0 Å². The van der Waals surface area contributed by atoms with Crippen LogP contribution in [0.25, 0.3) is 0 Å². The van der Waals surface area contributed by atoms with Gasteiger partial charge in [-0.05, 0) is 19.0 Å². The quantitative estimate of drug-likeness (QED) is 0.720. The van der Waals surface area contributed by atoms with Crippen LogP contribution in [0.1, 0.15) is 24.7 Å². The number of rotatable bonds is 2. The fraction of sp³-hybridized carbons (Fsp3) is 0.600. The smallest absolute Gasteiger partial charge is 0.217 e. The van der Waals surface area contributed by atoms with Gasteiger partial charge in [0.1, 0.15) is 0 Å². The summed E-state index contributed by atoms with van der Waals surface area (Å²) in [7, 11) is 0. The molecule has 0 saturated heterocycles. The molecule has 1 amide bonds. The molecule has 1 aromatic heterocycles. The molecule has 0 bridgehead atoms. The van der Waals surface area contributed by atoms with E-state index in [9.17, 15) is 4.79 Å². The highest BCUT2D eigenvalue weighted by molar-refractivity contribution is 5.72. The maximum Gasteiger partial charge on any atom is 0.217 e. The molecule has 5 heteroatoms. The molecule has 0 atom stereocenters. The normalized spacial score (nSPS) is 15.5. The maximum absolute atomic E-state index is 10.8. The van der Waals surface area contributed by atoms with Gasteiger partial charge in [-0.1, -0.05) is 0 Å². The van der Waals surface area contributed by atoms with Crippen molar-refractivity contribution in [2.45, 2.75) is 33.0 Å². The molecule has 0 fully saturated rings. The highest BCUT2D eigenvalue weighted by Gasteiger charge is 2.10. The summed E-state index contributed by atoms with van der Waals surface area (Å²) >= 11 is 0. The minimum atomic E-state index is -0.0173. The van der Waals surface area contributed by atoms with Gasteiger partial charge < -0.3 is 10.6 Å². The third-order valence-electron chi connectivity index (χ3n) is 2.46. The molecule has 0 spiro atoms. The Bertz CT molecular complexity index is 335. The van der Waals surface area contributed by atoms with Crippen molar-refractivity contribution in [2.24, 2.45) is 0 Å². The zero-order valence-corrected chi connectivity index (χ0v) is 8.92. The third-order valence-corrected chi connectivity index (χ3v) is 2.46. The predicted molar refractivity (Wildman–Crippen MR) is 56.1 cm³/mol. The average molecular weight is 208 g/mol. The first-order valence-electron chi connectivity index (χ1n) is 5.26. The third kappa shape index (κ3) is 2.56. The summed E-state index contributed by atoms with van der Waals surface area (Å²) in [4.78, 5) is 10.8. The molecule has 2 heterocycles. The molecule has 5 nitrogen and oxygen atoms in total. The van der Waals surface area contributed by atoms with E-state index in [1.165, 1.54) is 12.6 Å². The number of aromatic nitrogens is 2. The standard InChI is InChI=1S/C10H16N4O/c1-8(15)12-6-9-5-10-7-11-3-2-4-14(10)13-9/h5,11H,2-4,6-7H2,1H3,(H,12,15). The molecule has 0 unspecified atom stereocenters. The van der Waals surface area contributed by atoms with Crippen LogP contribution in [0.15, 0.2) is 6.07 Å². The summed E-state index contributed by atoms with van der Waals surface area (Å²) < 4.78 is 2.02. The first-order valence-corrected chi connectivity index (χ1v) is 5.26. The molecule has 15 heavy (non-hydrogen) atoms. The topological polar surface area (TPSA) is 59.0 Å². The van der Waals surface area contributed by atoms with Gasteiger partial charge in [0.25, 0.3) is 0 Å². The number of aryl methyl sites for hydroxylation is 1. The van der Waals surface area contributed by atoms with Crippen LogP contribution in [-0.4, -0.2) is 22.2 Å². The van der Waals surface area contributed by atoms with Crippen LogP contribution in [0.4, 0.5) is 0 Å². The Kier molecular flexibility index (Phi) is 3.01. The molecule has 1 aliphatic rings. The van der Waals surface area contributed by atoms with Crippen molar-refractivity contribution >= 4 is 5.91 Å². The van der Waals surface area contributed by atoms with Crippen LogP contribution in [0.3, 0.4) is 0 Å². The van der Waals surface area contributed by atoms with Crippen molar-refractivity contribution < 1.29 is 4.79 Å². The Morgan fingerprint density at radius 1 is 1.73 bits per heavy atom. The second kappa shape index (κ2) is 4.44. The Morgan fingerprint density at radius 3 is 3.40 bits per heavy atom. The lowest BCUT2D eigenvalue weighted by molar-refractivity contribution is -0.119. The highest BCUT2D eigenvalue weighted by atomic mass is 16.1. The number of fused-ring (bicyclic) bond motifs is 1. The van der Waals surface area contributed by atoms with Crippen molar-refractivity contribution in [1.82, 2.24) is 20.4 Å². The van der Waals surface area contributed by atoms with Crippen LogP contribution in [0.2, 0.25) is 0 Å². The van der Waals surface area contributed by atoms with Crippen LogP contribution in [0, 0.1) is 0 Å². The molecule has 2 rings (SSSR count). The monoisotopic (exact) mass is 208 g/mol. The Morgan fingerprint density at radius 2 is 2.60 bits per heavy atom. The van der Waals surface area contributed by atoms with Crippen LogP contribution >= 0.6 is 0 Å². The second-order valence-electron chi connectivity index (χ2n) is 3.79. The number of hydrogen-bond donors (Lipinski definition) is 2. The zero-order chi connectivity index (χ0) is 10.7. The van der Waals surface area contributed by atoms with Crippen LogP contribution < -0.4 is 10.6 Å². The zero-order valence-electron chi connectivity index (χ0n) is 8.92. The first kappa shape index (κ1) is 10.2. The number of nitrogens with one attached hydrogen (secondary N) is 2. The van der Waals surface area contributed by atoms with E-state index in [1.807, 2.05) is 10.7 Å². The second-order valence-corrected chi connectivity index (χ2v) is 3.79. The Hall–Kier alpha value is -1.36. The summed E-state index contributed by atoms with van der Waals surface area (Å²) in [6, 6.07) is 2.05. The summed E-state index contributed by atoms with van der Waals surface area (Å²) in [6.45, 7) is 4.91. The maximum atomic E-state index is 10.8. The largest absolute Gasteiger partial charge is 0.351 e. The van der Waals surface area contributed by atoms with E-state index in [2.05, 4.69) is 15.7 Å². The molecule has 0 saturated carbocycles. The number of carbonyl (C=O) groups is 1. The number of hydrogen-bond acceptors (Lipinski definition) is 3. The van der Waals surface area contributed by atoms with Gasteiger partial charge in [-0.2, -0.15) is 5.10 Å². The van der Waals surface area contributed by atoms with Gasteiger partial charge in [0.15, 0.2) is 0 Å². The van der Waals surface area contributed by atoms with E-state index in [1.54, 1.807) is 0 Å². The van der Waals surface area contributed by atoms with Crippen LogP contribution in [0.5, 0.6) is 0 Å². The molecular formula is C10H16N4O. The SMILES string of the molecule is CC(=O)NCc1cc2n(n1)CCCNC2. The number of carbonyl (C=O) groups excluding carboxylic acids is 1. The molecule has 2 N–H and O–H groups in total. The number of amides is 1. The first-order chi connectivity index (χ1) is 7.25. The van der Waals surface area contributed by atoms with E-state index in [0.717, 1.165) is 31.7 Å². The van der Waals surface area contributed by atoms with Gasteiger partial charge >= 0.3 is 0 Å². The van der Waals surface area contributed by atoms with E-state index in [-0.39, 0.29) is 5.91 Å². The van der Waals surface area contributed by atoms with Crippen molar-refractivity contribution in [3.63, 3.8) is 0 Å². The summed E-state index contributed by atoms with van der Waals surface area (Å²) in [5, 5.41) is 10.5. The summed E-state index contributed by atoms with van der Waals surface area (Å²) in [5.74, 6) is -0.0173. The highest BCUT2D eigenvalue weighted by Crippen LogP contribution is 2.08. The van der Waals surface area contributed by atoms with Crippen LogP contribution in [-0.2, 0) is 24.4 Å². The van der Waals surface area contributed by atoms with Crippen molar-refractivity contribution in [2.75, 3.05) is 6.54 Å². The van der Waals surface area contributed by atoms with Crippen molar-refractivity contribution in [3.05, 3.63) is 17.5 Å². The lowest BCUT2D eigenvalue weighted by Gasteiger charge is -1.99. The van der Waals surface area contributed by atoms with Gasteiger partial charge in [0.2, 0.25) is 5.91 Å². The fourth-order valence-corrected chi connectivity index (χ4v) is 1.72. The molecule has 1 aliphatic heterocycles. The Balaban J connectivity index is 2.05. The predicted octanol–water partition coefficient (Wildman–Crippen LogP) is 0.0125. The average Bonchev–Trinajstić information content (AvgIpc) is 2.46. The molecule has 0 aliphatic carbocycles. The minimum Gasteiger partial charge on any atom is -0.351 e. The van der Waals surface area contributed by atoms with Gasteiger partial charge in [0.05, 0.1) is 17.9 Å². The molecule has 82 valence electrons. The molecule has 0 aromatic carbocycles. The van der Waals surface area contributed by atoms with Gasteiger partial charge in [-0.15, -0.1) is 0 Å². The van der Waals surface area contributed by atoms with E-state index in [4.69, 9.17) is 0 Å². The molecule has 0 radical (unpaired) electrons. The number of nitrogens with zero attached hydrogens (tertiary/aromatic N) is 2. The summed E-state index contributed by atoms with van der Waals surface area (Å²) in [5.41, 5.74) is 2.14. The van der Waals surface area contributed by atoms with Gasteiger partial charge in [-0.25, -0.2) is 0 Å². The minimum absolute atomic E-state index is 0.0173.